The quantitative estimate of drug-likeness (QED) is 0.916. The molecule has 2 heterocycles. The third-order valence-electron chi connectivity index (χ3n) is 4.18. The van der Waals surface area contributed by atoms with E-state index in [1.807, 2.05) is 0 Å². The first-order chi connectivity index (χ1) is 11.1. The van der Waals surface area contributed by atoms with Crippen LogP contribution >= 0.6 is 0 Å². The fraction of sp³-hybridized carbons (Fsp3) is 0.562. The van der Waals surface area contributed by atoms with Crippen LogP contribution in [0.2, 0.25) is 0 Å². The highest BCUT2D eigenvalue weighted by molar-refractivity contribution is 5.77. The highest BCUT2D eigenvalue weighted by Gasteiger charge is 2.41. The third-order valence-corrected chi connectivity index (χ3v) is 4.18. The van der Waals surface area contributed by atoms with Crippen molar-refractivity contribution in [3.05, 3.63) is 29.8 Å². The molecule has 3 rings (SSSR count). The van der Waals surface area contributed by atoms with E-state index in [1.54, 1.807) is 0 Å². The standard InChI is InChI=1S/C16H19F2NO4/c17-11-1-2-14(13(18)7-11)22-9-15(20)19-12-3-5-23-16(8-12)4-6-21-10-16/h1-2,7,12H,3-6,8-10H2,(H,19,20)/t12-,16+/m0/s1. The Labute approximate surface area is 132 Å². The van der Waals surface area contributed by atoms with Crippen molar-refractivity contribution in [2.45, 2.75) is 30.9 Å². The highest BCUT2D eigenvalue weighted by Crippen LogP contribution is 2.32. The molecule has 0 aliphatic carbocycles. The van der Waals surface area contributed by atoms with Crippen molar-refractivity contribution < 1.29 is 27.8 Å². The van der Waals surface area contributed by atoms with Gasteiger partial charge >= 0.3 is 0 Å². The smallest absolute Gasteiger partial charge is 0.258 e. The molecule has 126 valence electrons. The predicted octanol–water partition coefficient (Wildman–Crippen LogP) is 1.80. The first-order valence-corrected chi connectivity index (χ1v) is 7.65. The van der Waals surface area contributed by atoms with Crippen LogP contribution in [-0.4, -0.2) is 44.0 Å². The Morgan fingerprint density at radius 3 is 3.00 bits per heavy atom. The fourth-order valence-corrected chi connectivity index (χ4v) is 3.02. The van der Waals surface area contributed by atoms with E-state index in [4.69, 9.17) is 14.2 Å². The molecular weight excluding hydrogens is 308 g/mol. The summed E-state index contributed by atoms with van der Waals surface area (Å²) in [6, 6.07) is 2.95. The molecule has 2 aliphatic heterocycles. The summed E-state index contributed by atoms with van der Waals surface area (Å²) in [4.78, 5) is 12.0. The summed E-state index contributed by atoms with van der Waals surface area (Å²) in [6.07, 6.45) is 2.25. The molecule has 0 saturated carbocycles. The lowest BCUT2D eigenvalue weighted by atomic mass is 9.90. The molecule has 1 amide bonds. The van der Waals surface area contributed by atoms with Gasteiger partial charge in [-0.3, -0.25) is 4.79 Å². The van der Waals surface area contributed by atoms with Gasteiger partial charge in [0.15, 0.2) is 18.2 Å². The molecule has 7 heteroatoms. The van der Waals surface area contributed by atoms with E-state index >= 15 is 0 Å². The van der Waals surface area contributed by atoms with Crippen LogP contribution in [0.25, 0.3) is 0 Å². The maximum atomic E-state index is 13.4. The fourth-order valence-electron chi connectivity index (χ4n) is 3.02. The molecule has 23 heavy (non-hydrogen) atoms. The number of halogens is 2. The van der Waals surface area contributed by atoms with Gasteiger partial charge in [-0.25, -0.2) is 8.78 Å². The average molecular weight is 327 g/mol. The Hall–Kier alpha value is -1.73. The van der Waals surface area contributed by atoms with Crippen molar-refractivity contribution in [3.8, 4) is 5.75 Å². The minimum absolute atomic E-state index is 0.0142. The number of carbonyl (C=O) groups is 1. The summed E-state index contributed by atoms with van der Waals surface area (Å²) in [5, 5.41) is 2.88. The van der Waals surface area contributed by atoms with E-state index < -0.39 is 11.6 Å². The van der Waals surface area contributed by atoms with Crippen LogP contribution in [0, 0.1) is 11.6 Å². The maximum absolute atomic E-state index is 13.4. The Kier molecular flexibility index (Phi) is 4.77. The second-order valence-corrected chi connectivity index (χ2v) is 5.95. The summed E-state index contributed by atoms with van der Waals surface area (Å²) in [5.41, 5.74) is -0.292. The molecule has 5 nitrogen and oxygen atoms in total. The maximum Gasteiger partial charge on any atom is 0.258 e. The Morgan fingerprint density at radius 1 is 1.39 bits per heavy atom. The summed E-state index contributed by atoms with van der Waals surface area (Å²) in [7, 11) is 0. The van der Waals surface area contributed by atoms with Gasteiger partial charge in [-0.2, -0.15) is 0 Å². The number of nitrogens with one attached hydrogen (secondary N) is 1. The number of hydrogen-bond donors (Lipinski definition) is 1. The van der Waals surface area contributed by atoms with E-state index in [0.29, 0.717) is 26.2 Å². The number of amides is 1. The molecule has 1 spiro atoms. The molecule has 2 atom stereocenters. The average Bonchev–Trinajstić information content (AvgIpc) is 2.94. The summed E-state index contributed by atoms with van der Waals surface area (Å²) < 4.78 is 42.5. The number of carbonyl (C=O) groups excluding carboxylic acids is 1. The molecule has 1 aromatic carbocycles. The monoisotopic (exact) mass is 327 g/mol. The van der Waals surface area contributed by atoms with Crippen molar-refractivity contribution in [2.24, 2.45) is 0 Å². The van der Waals surface area contributed by atoms with Crippen LogP contribution in [0.4, 0.5) is 8.78 Å². The largest absolute Gasteiger partial charge is 0.481 e. The molecule has 0 aromatic heterocycles. The second kappa shape index (κ2) is 6.80. The predicted molar refractivity (Wildman–Crippen MR) is 77.1 cm³/mol. The molecule has 2 saturated heterocycles. The molecule has 1 N–H and O–H groups in total. The minimum atomic E-state index is -0.828. The van der Waals surface area contributed by atoms with Crippen LogP contribution in [0.3, 0.4) is 0 Å². The Bertz CT molecular complexity index is 575. The summed E-state index contributed by atoms with van der Waals surface area (Å²) in [6.45, 7) is 1.48. The molecule has 0 bridgehead atoms. The Balaban J connectivity index is 1.49. The van der Waals surface area contributed by atoms with E-state index in [2.05, 4.69) is 5.32 Å². The van der Waals surface area contributed by atoms with Gasteiger partial charge in [0.1, 0.15) is 5.82 Å². The summed E-state index contributed by atoms with van der Waals surface area (Å²) >= 11 is 0. The van der Waals surface area contributed by atoms with Gasteiger partial charge in [0.05, 0.1) is 12.2 Å². The van der Waals surface area contributed by atoms with Crippen molar-refractivity contribution in [2.75, 3.05) is 26.4 Å². The van der Waals surface area contributed by atoms with Gasteiger partial charge < -0.3 is 19.5 Å². The van der Waals surface area contributed by atoms with Gasteiger partial charge in [-0.1, -0.05) is 0 Å². The summed E-state index contributed by atoms with van der Waals surface area (Å²) in [5.74, 6) is -2.00. The van der Waals surface area contributed by atoms with E-state index in [-0.39, 0.29) is 29.9 Å². The van der Waals surface area contributed by atoms with E-state index in [0.717, 1.165) is 31.0 Å². The zero-order valence-electron chi connectivity index (χ0n) is 12.6. The number of ether oxygens (including phenoxy) is 3. The van der Waals surface area contributed by atoms with Crippen molar-refractivity contribution in [3.63, 3.8) is 0 Å². The van der Waals surface area contributed by atoms with Crippen LogP contribution < -0.4 is 10.1 Å². The van der Waals surface area contributed by atoms with Crippen LogP contribution in [0.15, 0.2) is 18.2 Å². The van der Waals surface area contributed by atoms with Crippen LogP contribution in [-0.2, 0) is 14.3 Å². The first kappa shape index (κ1) is 16.1. The Morgan fingerprint density at radius 2 is 2.26 bits per heavy atom. The highest BCUT2D eigenvalue weighted by atomic mass is 19.1. The van der Waals surface area contributed by atoms with Gasteiger partial charge in [-0.05, 0) is 25.0 Å². The van der Waals surface area contributed by atoms with Crippen molar-refractivity contribution >= 4 is 5.91 Å². The molecule has 0 unspecified atom stereocenters. The lowest BCUT2D eigenvalue weighted by Crippen LogP contribution is -2.49. The molecular formula is C16H19F2NO4. The van der Waals surface area contributed by atoms with Crippen molar-refractivity contribution in [1.82, 2.24) is 5.32 Å². The molecule has 0 radical (unpaired) electrons. The second-order valence-electron chi connectivity index (χ2n) is 5.95. The van der Waals surface area contributed by atoms with Gasteiger partial charge in [0.25, 0.3) is 5.91 Å². The number of benzene rings is 1. The first-order valence-electron chi connectivity index (χ1n) is 7.65. The zero-order valence-corrected chi connectivity index (χ0v) is 12.6. The SMILES string of the molecule is O=C(COc1ccc(F)cc1F)N[C@H]1CCO[C@]2(CCOC2)C1. The molecule has 2 aliphatic rings. The lowest BCUT2D eigenvalue weighted by molar-refractivity contribution is -0.127. The van der Waals surface area contributed by atoms with Crippen LogP contribution in [0.1, 0.15) is 19.3 Å². The minimum Gasteiger partial charge on any atom is -0.481 e. The topological polar surface area (TPSA) is 56.8 Å². The molecule has 1 aromatic rings. The van der Waals surface area contributed by atoms with Crippen LogP contribution in [0.5, 0.6) is 5.75 Å². The lowest BCUT2D eigenvalue weighted by Gasteiger charge is -2.37. The third kappa shape index (κ3) is 3.97. The normalized spacial score (nSPS) is 27.1. The van der Waals surface area contributed by atoms with Crippen molar-refractivity contribution in [1.29, 1.82) is 0 Å². The van der Waals surface area contributed by atoms with E-state index in [1.165, 1.54) is 0 Å². The van der Waals surface area contributed by atoms with Gasteiger partial charge in [-0.15, -0.1) is 0 Å². The van der Waals surface area contributed by atoms with Gasteiger partial charge in [0, 0.05) is 31.7 Å². The number of hydrogen-bond acceptors (Lipinski definition) is 4. The number of rotatable bonds is 4. The molecule has 2 fully saturated rings. The zero-order chi connectivity index (χ0) is 16.3. The van der Waals surface area contributed by atoms with Gasteiger partial charge in [0.2, 0.25) is 0 Å². The van der Waals surface area contributed by atoms with E-state index in [9.17, 15) is 13.6 Å².